The Kier molecular flexibility index (Phi) is 5.56. The van der Waals surface area contributed by atoms with Gasteiger partial charge in [0, 0.05) is 24.3 Å². The molecular formula is C24H28N2O3. The van der Waals surface area contributed by atoms with Crippen molar-refractivity contribution in [3.8, 4) is 5.75 Å². The van der Waals surface area contributed by atoms with Crippen LogP contribution in [0.2, 0.25) is 0 Å². The maximum absolute atomic E-state index is 12.7. The minimum Gasteiger partial charge on any atom is -0.481 e. The first-order chi connectivity index (χ1) is 14.0. The largest absolute Gasteiger partial charge is 0.481 e. The first kappa shape index (κ1) is 19.5. The molecule has 1 fully saturated rings. The van der Waals surface area contributed by atoms with E-state index in [0.717, 1.165) is 42.8 Å². The first-order valence-electron chi connectivity index (χ1n) is 10.5. The fourth-order valence-corrected chi connectivity index (χ4v) is 4.28. The lowest BCUT2D eigenvalue weighted by Gasteiger charge is -2.22. The van der Waals surface area contributed by atoms with Gasteiger partial charge in [-0.25, -0.2) is 0 Å². The van der Waals surface area contributed by atoms with Crippen molar-refractivity contribution in [2.75, 3.05) is 16.8 Å². The Labute approximate surface area is 172 Å². The minimum atomic E-state index is -0.594. The highest BCUT2D eigenvalue weighted by atomic mass is 16.5. The molecule has 1 heterocycles. The van der Waals surface area contributed by atoms with E-state index in [2.05, 4.69) is 11.4 Å². The molecule has 0 spiro atoms. The highest BCUT2D eigenvalue weighted by Gasteiger charge is 2.24. The van der Waals surface area contributed by atoms with Crippen LogP contribution in [0.25, 0.3) is 0 Å². The van der Waals surface area contributed by atoms with Crippen LogP contribution in [0.15, 0.2) is 36.4 Å². The van der Waals surface area contributed by atoms with Gasteiger partial charge in [0.1, 0.15) is 5.75 Å². The summed E-state index contributed by atoms with van der Waals surface area (Å²) in [6.45, 7) is 4.51. The van der Waals surface area contributed by atoms with E-state index in [1.807, 2.05) is 42.2 Å². The second-order valence-corrected chi connectivity index (χ2v) is 8.00. The molecule has 0 unspecified atom stereocenters. The van der Waals surface area contributed by atoms with Gasteiger partial charge in [-0.05, 0) is 86.9 Å². The molecule has 5 nitrogen and oxygen atoms in total. The van der Waals surface area contributed by atoms with E-state index in [9.17, 15) is 9.59 Å². The summed E-state index contributed by atoms with van der Waals surface area (Å²) in [7, 11) is 0. The molecule has 2 aromatic rings. The van der Waals surface area contributed by atoms with Gasteiger partial charge in [0.2, 0.25) is 5.91 Å². The summed E-state index contributed by atoms with van der Waals surface area (Å²) in [4.78, 5) is 26.5. The van der Waals surface area contributed by atoms with Gasteiger partial charge < -0.3 is 15.0 Å². The van der Waals surface area contributed by atoms with Crippen LogP contribution in [-0.4, -0.2) is 24.5 Å². The molecule has 0 saturated carbocycles. The molecule has 2 amide bonds. The number of aryl methyl sites for hydroxylation is 2. The van der Waals surface area contributed by atoms with Gasteiger partial charge in [-0.2, -0.15) is 0 Å². The molecule has 4 rings (SSSR count). The molecule has 152 valence electrons. The predicted molar refractivity (Wildman–Crippen MR) is 115 cm³/mol. The van der Waals surface area contributed by atoms with Crippen molar-refractivity contribution in [1.29, 1.82) is 0 Å². The minimum absolute atomic E-state index is 0.165. The zero-order valence-electron chi connectivity index (χ0n) is 17.2. The summed E-state index contributed by atoms with van der Waals surface area (Å²) in [6, 6.07) is 11.8. The Bertz CT molecular complexity index is 938. The van der Waals surface area contributed by atoms with E-state index < -0.39 is 6.10 Å². The maximum Gasteiger partial charge on any atom is 0.265 e. The number of ether oxygens (including phenoxy) is 1. The highest BCUT2D eigenvalue weighted by Crippen LogP contribution is 2.31. The lowest BCUT2D eigenvalue weighted by Crippen LogP contribution is -2.30. The van der Waals surface area contributed by atoms with E-state index in [1.165, 1.54) is 24.0 Å². The number of anilines is 2. The first-order valence-corrected chi connectivity index (χ1v) is 10.5. The molecule has 1 N–H and O–H groups in total. The third-order valence-electron chi connectivity index (χ3n) is 5.85. The molecule has 1 atom stereocenters. The van der Waals surface area contributed by atoms with Gasteiger partial charge in [-0.3, -0.25) is 9.59 Å². The van der Waals surface area contributed by atoms with Crippen molar-refractivity contribution < 1.29 is 14.3 Å². The average molecular weight is 392 g/mol. The van der Waals surface area contributed by atoms with E-state index >= 15 is 0 Å². The third-order valence-corrected chi connectivity index (χ3v) is 5.85. The van der Waals surface area contributed by atoms with Crippen molar-refractivity contribution in [3.63, 3.8) is 0 Å². The summed E-state index contributed by atoms with van der Waals surface area (Å²) in [6.07, 6.45) is 5.38. The van der Waals surface area contributed by atoms with E-state index in [-0.39, 0.29) is 11.8 Å². The lowest BCUT2D eigenvalue weighted by atomic mass is 9.91. The van der Waals surface area contributed by atoms with Crippen LogP contribution in [0.4, 0.5) is 11.4 Å². The fraction of sp³-hybridized carbons (Fsp3) is 0.417. The van der Waals surface area contributed by atoms with Gasteiger partial charge in [0.15, 0.2) is 6.10 Å². The summed E-state index contributed by atoms with van der Waals surface area (Å²) < 4.78 is 6.03. The standard InChI is InChI=1S/C24H28N2O3/c1-16-15-19(12-13-21(16)26-14-6-11-23(26)27)25-24(28)17(2)29-22-10-5-8-18-7-3-4-9-20(18)22/h5,8,10,12-13,15,17H,3-4,6-7,9,11,14H2,1-2H3,(H,25,28)/t17-/m0/s1. The highest BCUT2D eigenvalue weighted by molar-refractivity contribution is 5.97. The Morgan fingerprint density at radius 2 is 1.93 bits per heavy atom. The van der Waals surface area contributed by atoms with Crippen LogP contribution in [0.1, 0.15) is 49.3 Å². The zero-order chi connectivity index (χ0) is 20.4. The van der Waals surface area contributed by atoms with Crippen molar-refractivity contribution in [2.24, 2.45) is 0 Å². The lowest BCUT2D eigenvalue weighted by molar-refractivity contribution is -0.122. The summed E-state index contributed by atoms with van der Waals surface area (Å²) in [5.41, 5.74) is 5.20. The van der Waals surface area contributed by atoms with Gasteiger partial charge in [0.05, 0.1) is 0 Å². The van der Waals surface area contributed by atoms with Crippen LogP contribution in [0.3, 0.4) is 0 Å². The third kappa shape index (κ3) is 4.14. The smallest absolute Gasteiger partial charge is 0.265 e. The van der Waals surface area contributed by atoms with E-state index in [4.69, 9.17) is 4.74 Å². The number of nitrogens with one attached hydrogen (secondary N) is 1. The fourth-order valence-electron chi connectivity index (χ4n) is 4.28. The van der Waals surface area contributed by atoms with Crippen molar-refractivity contribution in [3.05, 3.63) is 53.1 Å². The van der Waals surface area contributed by atoms with Crippen LogP contribution in [0, 0.1) is 6.92 Å². The summed E-state index contributed by atoms with van der Waals surface area (Å²) in [5.74, 6) is 0.810. The number of amides is 2. The number of carbonyl (C=O) groups is 2. The average Bonchev–Trinajstić information content (AvgIpc) is 3.14. The molecule has 0 bridgehead atoms. The van der Waals surface area contributed by atoms with E-state index in [0.29, 0.717) is 12.1 Å². The number of benzene rings is 2. The van der Waals surface area contributed by atoms with Crippen LogP contribution in [0.5, 0.6) is 5.75 Å². The van der Waals surface area contributed by atoms with Gasteiger partial charge in [-0.1, -0.05) is 12.1 Å². The molecule has 1 aliphatic carbocycles. The monoisotopic (exact) mass is 392 g/mol. The summed E-state index contributed by atoms with van der Waals surface area (Å²) >= 11 is 0. The second-order valence-electron chi connectivity index (χ2n) is 8.00. The number of rotatable bonds is 5. The van der Waals surface area contributed by atoms with Crippen LogP contribution in [-0.2, 0) is 22.4 Å². The molecule has 1 aliphatic heterocycles. The van der Waals surface area contributed by atoms with Gasteiger partial charge in [0.25, 0.3) is 5.91 Å². The Hall–Kier alpha value is -2.82. The Balaban J connectivity index is 1.43. The molecule has 1 saturated heterocycles. The quantitative estimate of drug-likeness (QED) is 0.820. The number of fused-ring (bicyclic) bond motifs is 1. The topological polar surface area (TPSA) is 58.6 Å². The van der Waals surface area contributed by atoms with Gasteiger partial charge in [-0.15, -0.1) is 0 Å². The number of nitrogens with zero attached hydrogens (tertiary/aromatic N) is 1. The second kappa shape index (κ2) is 8.27. The van der Waals surface area contributed by atoms with Gasteiger partial charge >= 0.3 is 0 Å². The SMILES string of the molecule is Cc1cc(NC(=O)[C@H](C)Oc2cccc3c2CCCC3)ccc1N1CCCC1=O. The molecule has 5 heteroatoms. The van der Waals surface area contributed by atoms with Crippen LogP contribution < -0.4 is 15.0 Å². The normalized spacial score (nSPS) is 17.0. The number of hydrogen-bond acceptors (Lipinski definition) is 3. The van der Waals surface area contributed by atoms with E-state index in [1.54, 1.807) is 6.92 Å². The van der Waals surface area contributed by atoms with Crippen molar-refractivity contribution >= 4 is 23.2 Å². The van der Waals surface area contributed by atoms with Crippen molar-refractivity contribution in [2.45, 2.75) is 58.5 Å². The molecular weight excluding hydrogens is 364 g/mol. The summed E-state index contributed by atoms with van der Waals surface area (Å²) in [5, 5.41) is 2.94. The molecule has 0 aromatic heterocycles. The molecule has 2 aliphatic rings. The van der Waals surface area contributed by atoms with Crippen LogP contribution >= 0.6 is 0 Å². The maximum atomic E-state index is 12.7. The Morgan fingerprint density at radius 3 is 2.69 bits per heavy atom. The molecule has 0 radical (unpaired) electrons. The number of hydrogen-bond donors (Lipinski definition) is 1. The number of carbonyl (C=O) groups excluding carboxylic acids is 2. The molecule has 29 heavy (non-hydrogen) atoms. The predicted octanol–water partition coefficient (Wildman–Crippen LogP) is 4.41. The Morgan fingerprint density at radius 1 is 1.10 bits per heavy atom. The molecule has 2 aromatic carbocycles. The zero-order valence-corrected chi connectivity index (χ0v) is 17.2. The van der Waals surface area contributed by atoms with Crippen molar-refractivity contribution in [1.82, 2.24) is 0 Å².